The number of hydrogen-bond donors (Lipinski definition) is 3. The quantitative estimate of drug-likeness (QED) is 0.587. The van der Waals surface area contributed by atoms with Crippen molar-refractivity contribution in [3.8, 4) is 0 Å². The van der Waals surface area contributed by atoms with Crippen molar-refractivity contribution < 1.29 is 9.90 Å². The number of aliphatic hydroxyl groups is 1. The van der Waals surface area contributed by atoms with Crippen molar-refractivity contribution in [3.05, 3.63) is 0 Å². The van der Waals surface area contributed by atoms with Crippen molar-refractivity contribution in [2.75, 3.05) is 6.54 Å². The van der Waals surface area contributed by atoms with E-state index < -0.39 is 0 Å². The van der Waals surface area contributed by atoms with Crippen LogP contribution in [0.15, 0.2) is 0 Å². The zero-order valence-corrected chi connectivity index (χ0v) is 8.42. The summed E-state index contributed by atoms with van der Waals surface area (Å²) in [5.74, 6) is 0. The second kappa shape index (κ2) is 3.54. The molecule has 2 atom stereocenters. The lowest BCUT2D eigenvalue weighted by atomic mass is 9.65. The fourth-order valence-electron chi connectivity index (χ4n) is 1.52. The molecule has 1 fully saturated rings. The molecule has 1 aliphatic carbocycles. The number of nitrogens with one attached hydrogen (secondary N) is 2. The molecule has 0 aromatic carbocycles. The van der Waals surface area contributed by atoms with Crippen LogP contribution in [0.25, 0.3) is 0 Å². The van der Waals surface area contributed by atoms with Crippen LogP contribution < -0.4 is 10.6 Å². The van der Waals surface area contributed by atoms with Crippen LogP contribution in [-0.4, -0.2) is 29.8 Å². The zero-order valence-electron chi connectivity index (χ0n) is 8.42. The lowest BCUT2D eigenvalue weighted by Crippen LogP contribution is -2.62. The van der Waals surface area contributed by atoms with Gasteiger partial charge in [0.1, 0.15) is 0 Å². The van der Waals surface area contributed by atoms with Crippen LogP contribution in [0.5, 0.6) is 0 Å². The Balaban J connectivity index is 2.36. The van der Waals surface area contributed by atoms with Crippen molar-refractivity contribution in [1.29, 1.82) is 0 Å². The molecule has 4 heteroatoms. The summed E-state index contributed by atoms with van der Waals surface area (Å²) in [6.07, 6.45) is 0.365. The number of urea groups is 1. The first-order valence-corrected chi connectivity index (χ1v) is 4.71. The molecule has 1 aliphatic rings. The van der Waals surface area contributed by atoms with Gasteiger partial charge in [-0.2, -0.15) is 0 Å². The van der Waals surface area contributed by atoms with Gasteiger partial charge in [0.25, 0.3) is 0 Å². The average molecular weight is 186 g/mol. The first-order valence-electron chi connectivity index (χ1n) is 4.71. The second-order valence-corrected chi connectivity index (χ2v) is 4.13. The Morgan fingerprint density at radius 1 is 1.62 bits per heavy atom. The van der Waals surface area contributed by atoms with Crippen LogP contribution in [0.4, 0.5) is 4.79 Å². The molecule has 0 aromatic rings. The summed E-state index contributed by atoms with van der Waals surface area (Å²) >= 11 is 0. The van der Waals surface area contributed by atoms with E-state index >= 15 is 0 Å². The number of amides is 2. The van der Waals surface area contributed by atoms with E-state index in [2.05, 4.69) is 10.6 Å². The van der Waals surface area contributed by atoms with E-state index in [-0.39, 0.29) is 23.6 Å². The Morgan fingerprint density at radius 2 is 2.23 bits per heavy atom. The Hall–Kier alpha value is -0.770. The number of aliphatic hydroxyl groups excluding tert-OH is 1. The summed E-state index contributed by atoms with van der Waals surface area (Å²) in [7, 11) is 0. The molecule has 0 aliphatic heterocycles. The van der Waals surface area contributed by atoms with Gasteiger partial charge >= 0.3 is 6.03 Å². The van der Waals surface area contributed by atoms with Crippen molar-refractivity contribution in [3.63, 3.8) is 0 Å². The minimum atomic E-state index is -0.292. The van der Waals surface area contributed by atoms with Crippen LogP contribution in [-0.2, 0) is 0 Å². The average Bonchev–Trinajstić information content (AvgIpc) is 2.04. The molecule has 2 amide bonds. The maximum absolute atomic E-state index is 11.1. The van der Waals surface area contributed by atoms with Gasteiger partial charge in [0.15, 0.2) is 0 Å². The summed E-state index contributed by atoms with van der Waals surface area (Å²) in [5, 5.41) is 14.9. The molecule has 76 valence electrons. The molecule has 0 radical (unpaired) electrons. The topological polar surface area (TPSA) is 61.4 Å². The Labute approximate surface area is 78.7 Å². The third-order valence-electron chi connectivity index (χ3n) is 2.86. The monoisotopic (exact) mass is 186 g/mol. The van der Waals surface area contributed by atoms with E-state index in [4.69, 9.17) is 0 Å². The van der Waals surface area contributed by atoms with Crippen LogP contribution >= 0.6 is 0 Å². The minimum absolute atomic E-state index is 0.0917. The highest BCUT2D eigenvalue weighted by atomic mass is 16.3. The van der Waals surface area contributed by atoms with Crippen LogP contribution in [0.1, 0.15) is 27.2 Å². The van der Waals surface area contributed by atoms with E-state index in [0.29, 0.717) is 13.0 Å². The standard InChI is InChI=1S/C9H18N2O2/c1-4-10-8(13)11-6-5-7(12)9(6,2)3/h6-7,12H,4-5H2,1-3H3,(H2,10,11,13). The molecular weight excluding hydrogens is 168 g/mol. The lowest BCUT2D eigenvalue weighted by Gasteiger charge is -2.49. The Bertz CT molecular complexity index is 204. The highest BCUT2D eigenvalue weighted by molar-refractivity contribution is 5.74. The summed E-state index contributed by atoms with van der Waals surface area (Å²) in [5.41, 5.74) is -0.189. The van der Waals surface area contributed by atoms with Crippen LogP contribution in [0, 0.1) is 5.41 Å². The molecule has 3 N–H and O–H groups in total. The number of carbonyl (C=O) groups is 1. The van der Waals surface area contributed by atoms with Gasteiger partial charge in [-0.3, -0.25) is 0 Å². The zero-order chi connectivity index (χ0) is 10.1. The minimum Gasteiger partial charge on any atom is -0.392 e. The summed E-state index contributed by atoms with van der Waals surface area (Å²) < 4.78 is 0. The molecule has 0 spiro atoms. The number of hydrogen-bond acceptors (Lipinski definition) is 2. The first kappa shape index (κ1) is 10.3. The van der Waals surface area contributed by atoms with Gasteiger partial charge in [0.05, 0.1) is 6.10 Å². The Morgan fingerprint density at radius 3 is 2.62 bits per heavy atom. The van der Waals surface area contributed by atoms with Crippen molar-refractivity contribution in [2.24, 2.45) is 5.41 Å². The summed E-state index contributed by atoms with van der Waals surface area (Å²) in [4.78, 5) is 11.1. The molecule has 2 unspecified atom stereocenters. The van der Waals surface area contributed by atoms with Gasteiger partial charge in [0.2, 0.25) is 0 Å². The van der Waals surface area contributed by atoms with Crippen molar-refractivity contribution in [1.82, 2.24) is 10.6 Å². The molecule has 0 aromatic heterocycles. The maximum atomic E-state index is 11.1. The summed E-state index contributed by atoms with van der Waals surface area (Å²) in [6, 6.07) is -0.0541. The van der Waals surface area contributed by atoms with E-state index in [1.165, 1.54) is 0 Å². The van der Waals surface area contributed by atoms with Gasteiger partial charge in [-0.1, -0.05) is 13.8 Å². The molecule has 0 saturated heterocycles. The molecule has 0 heterocycles. The molecule has 1 saturated carbocycles. The molecule has 0 bridgehead atoms. The smallest absolute Gasteiger partial charge is 0.315 e. The van der Waals surface area contributed by atoms with Crippen LogP contribution in [0.3, 0.4) is 0 Å². The van der Waals surface area contributed by atoms with Gasteiger partial charge in [-0.15, -0.1) is 0 Å². The predicted octanol–water partition coefficient (Wildman–Crippen LogP) is 0.465. The van der Waals surface area contributed by atoms with E-state index in [1.54, 1.807) is 0 Å². The van der Waals surface area contributed by atoms with Crippen molar-refractivity contribution >= 4 is 6.03 Å². The SMILES string of the molecule is CCNC(=O)NC1CC(O)C1(C)C. The summed E-state index contributed by atoms with van der Waals surface area (Å²) in [6.45, 7) is 6.41. The van der Waals surface area contributed by atoms with Gasteiger partial charge < -0.3 is 15.7 Å². The molecule has 1 rings (SSSR count). The predicted molar refractivity (Wildman–Crippen MR) is 50.4 cm³/mol. The van der Waals surface area contributed by atoms with Crippen LogP contribution in [0.2, 0.25) is 0 Å². The molecular formula is C9H18N2O2. The van der Waals surface area contributed by atoms with E-state index in [9.17, 15) is 9.90 Å². The molecule has 4 nitrogen and oxygen atoms in total. The fourth-order valence-corrected chi connectivity index (χ4v) is 1.52. The fraction of sp³-hybridized carbons (Fsp3) is 0.889. The van der Waals surface area contributed by atoms with E-state index in [0.717, 1.165) is 0 Å². The maximum Gasteiger partial charge on any atom is 0.315 e. The van der Waals surface area contributed by atoms with Gasteiger partial charge in [-0.05, 0) is 13.3 Å². The number of rotatable bonds is 2. The van der Waals surface area contributed by atoms with Gasteiger partial charge in [-0.25, -0.2) is 4.79 Å². The molecule has 13 heavy (non-hydrogen) atoms. The third kappa shape index (κ3) is 1.94. The third-order valence-corrected chi connectivity index (χ3v) is 2.86. The first-order chi connectivity index (χ1) is 5.98. The van der Waals surface area contributed by atoms with Gasteiger partial charge in [0, 0.05) is 18.0 Å². The second-order valence-electron chi connectivity index (χ2n) is 4.13. The lowest BCUT2D eigenvalue weighted by molar-refractivity contribution is -0.0678. The Kier molecular flexibility index (Phi) is 2.81. The van der Waals surface area contributed by atoms with Crippen molar-refractivity contribution in [2.45, 2.75) is 39.3 Å². The van der Waals surface area contributed by atoms with E-state index in [1.807, 2.05) is 20.8 Å². The largest absolute Gasteiger partial charge is 0.392 e. The highest BCUT2D eigenvalue weighted by Crippen LogP contribution is 2.40. The number of carbonyl (C=O) groups excluding carboxylic acids is 1. The normalized spacial score (nSPS) is 30.5. The highest BCUT2D eigenvalue weighted by Gasteiger charge is 2.47.